The van der Waals surface area contributed by atoms with Crippen LogP contribution in [0.15, 0.2) is 24.3 Å². The Hall–Kier alpha value is -0.860. The normalized spacial score (nSPS) is 25.6. The molecule has 0 radical (unpaired) electrons. The first-order valence-corrected chi connectivity index (χ1v) is 6.95. The van der Waals surface area contributed by atoms with E-state index in [0.29, 0.717) is 18.0 Å². The number of hydrogen-bond donors (Lipinski definition) is 2. The van der Waals surface area contributed by atoms with Gasteiger partial charge in [0.25, 0.3) is 0 Å². The van der Waals surface area contributed by atoms with Crippen LogP contribution < -0.4 is 11.1 Å². The second kappa shape index (κ2) is 5.02. The summed E-state index contributed by atoms with van der Waals surface area (Å²) in [6.45, 7) is 6.76. The summed E-state index contributed by atoms with van der Waals surface area (Å²) in [5, 5.41) is 3.44. The summed E-state index contributed by atoms with van der Waals surface area (Å²) in [5.41, 5.74) is 8.91. The molecule has 0 spiro atoms. The standard InChI is InChI=1S/C16H26N2/c1-16(2,3)13-7-5-11(6-8-13)15(18-4)12-9-14(17)10-12/h5-8,12,14-15,18H,9-10,17H2,1-4H3. The first kappa shape index (κ1) is 13.6. The van der Waals surface area contributed by atoms with E-state index >= 15 is 0 Å². The molecule has 0 bridgehead atoms. The van der Waals surface area contributed by atoms with E-state index in [1.165, 1.54) is 11.1 Å². The van der Waals surface area contributed by atoms with Gasteiger partial charge in [-0.25, -0.2) is 0 Å². The molecule has 1 saturated carbocycles. The SMILES string of the molecule is CNC(c1ccc(C(C)(C)C)cc1)C1CC(N)C1. The zero-order valence-electron chi connectivity index (χ0n) is 12.0. The van der Waals surface area contributed by atoms with Gasteiger partial charge in [0.15, 0.2) is 0 Å². The van der Waals surface area contributed by atoms with Crippen LogP contribution in [-0.4, -0.2) is 13.1 Å². The molecule has 1 aromatic rings. The lowest BCUT2D eigenvalue weighted by Crippen LogP contribution is -2.42. The molecule has 0 heterocycles. The quantitative estimate of drug-likeness (QED) is 0.860. The first-order valence-electron chi connectivity index (χ1n) is 6.95. The molecule has 0 saturated heterocycles. The molecule has 1 aromatic carbocycles. The van der Waals surface area contributed by atoms with Gasteiger partial charge in [-0.15, -0.1) is 0 Å². The zero-order valence-corrected chi connectivity index (χ0v) is 12.0. The van der Waals surface area contributed by atoms with Gasteiger partial charge in [-0.2, -0.15) is 0 Å². The molecule has 1 aliphatic carbocycles. The molecule has 0 aromatic heterocycles. The van der Waals surface area contributed by atoms with E-state index in [-0.39, 0.29) is 5.41 Å². The molecule has 0 amide bonds. The molecule has 1 unspecified atom stereocenters. The monoisotopic (exact) mass is 246 g/mol. The summed E-state index contributed by atoms with van der Waals surface area (Å²) in [6, 6.07) is 9.94. The number of benzene rings is 1. The Morgan fingerprint density at radius 3 is 2.11 bits per heavy atom. The van der Waals surface area contributed by atoms with E-state index in [2.05, 4.69) is 50.4 Å². The summed E-state index contributed by atoms with van der Waals surface area (Å²) >= 11 is 0. The van der Waals surface area contributed by atoms with Crippen molar-refractivity contribution in [3.05, 3.63) is 35.4 Å². The van der Waals surface area contributed by atoms with Crippen LogP contribution in [0.25, 0.3) is 0 Å². The maximum atomic E-state index is 5.89. The van der Waals surface area contributed by atoms with Crippen LogP contribution in [-0.2, 0) is 5.41 Å². The van der Waals surface area contributed by atoms with Crippen molar-refractivity contribution in [2.45, 2.75) is 51.1 Å². The number of hydrogen-bond acceptors (Lipinski definition) is 2. The van der Waals surface area contributed by atoms with Gasteiger partial charge < -0.3 is 11.1 Å². The molecule has 1 fully saturated rings. The van der Waals surface area contributed by atoms with Crippen LogP contribution >= 0.6 is 0 Å². The third-order valence-corrected chi connectivity index (χ3v) is 4.13. The molecule has 100 valence electrons. The summed E-state index contributed by atoms with van der Waals surface area (Å²) in [5.74, 6) is 0.700. The van der Waals surface area contributed by atoms with Crippen LogP contribution in [0.2, 0.25) is 0 Å². The van der Waals surface area contributed by atoms with E-state index in [9.17, 15) is 0 Å². The first-order chi connectivity index (χ1) is 8.41. The molecule has 1 aliphatic rings. The Morgan fingerprint density at radius 1 is 1.17 bits per heavy atom. The van der Waals surface area contributed by atoms with Crippen LogP contribution in [0, 0.1) is 5.92 Å². The predicted molar refractivity (Wildman–Crippen MR) is 77.6 cm³/mol. The summed E-state index contributed by atoms with van der Waals surface area (Å²) < 4.78 is 0. The van der Waals surface area contributed by atoms with Gasteiger partial charge in [0.05, 0.1) is 0 Å². The topological polar surface area (TPSA) is 38.0 Å². The number of nitrogens with two attached hydrogens (primary N) is 1. The molecular weight excluding hydrogens is 220 g/mol. The van der Waals surface area contributed by atoms with Crippen molar-refractivity contribution < 1.29 is 0 Å². The third-order valence-electron chi connectivity index (χ3n) is 4.13. The largest absolute Gasteiger partial charge is 0.328 e. The highest BCUT2D eigenvalue weighted by Crippen LogP contribution is 2.37. The van der Waals surface area contributed by atoms with Gasteiger partial charge >= 0.3 is 0 Å². The summed E-state index contributed by atoms with van der Waals surface area (Å²) in [7, 11) is 2.05. The Morgan fingerprint density at radius 2 is 1.72 bits per heavy atom. The van der Waals surface area contributed by atoms with Gasteiger partial charge in [-0.3, -0.25) is 0 Å². The van der Waals surface area contributed by atoms with Crippen LogP contribution in [0.1, 0.15) is 50.8 Å². The average molecular weight is 246 g/mol. The molecule has 2 rings (SSSR count). The Bertz CT molecular complexity index is 383. The fourth-order valence-corrected chi connectivity index (χ4v) is 2.85. The highest BCUT2D eigenvalue weighted by atomic mass is 14.9. The predicted octanol–water partition coefficient (Wildman–Crippen LogP) is 2.98. The van der Waals surface area contributed by atoms with E-state index in [1.807, 2.05) is 7.05 Å². The molecule has 1 atom stereocenters. The smallest absolute Gasteiger partial charge is 0.0347 e. The molecule has 2 nitrogen and oxygen atoms in total. The van der Waals surface area contributed by atoms with Crippen molar-refractivity contribution >= 4 is 0 Å². The molecule has 18 heavy (non-hydrogen) atoms. The Kier molecular flexibility index (Phi) is 3.79. The van der Waals surface area contributed by atoms with Gasteiger partial charge in [-0.1, -0.05) is 45.0 Å². The number of rotatable bonds is 3. The van der Waals surface area contributed by atoms with Gasteiger partial charge in [0.2, 0.25) is 0 Å². The second-order valence-electron chi connectivity index (χ2n) is 6.63. The minimum atomic E-state index is 0.229. The van der Waals surface area contributed by atoms with Gasteiger partial charge in [0.1, 0.15) is 0 Å². The van der Waals surface area contributed by atoms with Crippen LogP contribution in [0.3, 0.4) is 0 Å². The summed E-state index contributed by atoms with van der Waals surface area (Å²) in [4.78, 5) is 0. The fraction of sp³-hybridized carbons (Fsp3) is 0.625. The third kappa shape index (κ3) is 2.76. The Labute approximate surface area is 111 Å². The van der Waals surface area contributed by atoms with Crippen molar-refractivity contribution in [2.75, 3.05) is 7.05 Å². The molecule has 2 heteroatoms. The van der Waals surface area contributed by atoms with E-state index < -0.39 is 0 Å². The van der Waals surface area contributed by atoms with Crippen molar-refractivity contribution in [1.29, 1.82) is 0 Å². The molecule has 3 N–H and O–H groups in total. The fourth-order valence-electron chi connectivity index (χ4n) is 2.85. The van der Waals surface area contributed by atoms with Gasteiger partial charge in [-0.05, 0) is 42.3 Å². The summed E-state index contributed by atoms with van der Waals surface area (Å²) in [6.07, 6.45) is 2.29. The minimum Gasteiger partial charge on any atom is -0.328 e. The van der Waals surface area contributed by atoms with Crippen molar-refractivity contribution in [3.63, 3.8) is 0 Å². The average Bonchev–Trinajstić information content (AvgIpc) is 2.27. The molecule has 0 aliphatic heterocycles. The zero-order chi connectivity index (χ0) is 13.3. The second-order valence-corrected chi connectivity index (χ2v) is 6.63. The minimum absolute atomic E-state index is 0.229. The lowest BCUT2D eigenvalue weighted by atomic mass is 9.73. The highest BCUT2D eigenvalue weighted by Gasteiger charge is 2.32. The maximum absolute atomic E-state index is 5.89. The number of nitrogens with one attached hydrogen (secondary N) is 1. The van der Waals surface area contributed by atoms with Gasteiger partial charge in [0, 0.05) is 12.1 Å². The van der Waals surface area contributed by atoms with Crippen molar-refractivity contribution in [1.82, 2.24) is 5.32 Å². The van der Waals surface area contributed by atoms with E-state index in [1.54, 1.807) is 0 Å². The lowest BCUT2D eigenvalue weighted by Gasteiger charge is -2.38. The van der Waals surface area contributed by atoms with E-state index in [4.69, 9.17) is 5.73 Å². The van der Waals surface area contributed by atoms with Crippen molar-refractivity contribution in [2.24, 2.45) is 11.7 Å². The van der Waals surface area contributed by atoms with Crippen LogP contribution in [0.4, 0.5) is 0 Å². The van der Waals surface area contributed by atoms with Crippen molar-refractivity contribution in [3.8, 4) is 0 Å². The highest BCUT2D eigenvalue weighted by molar-refractivity contribution is 5.30. The van der Waals surface area contributed by atoms with Crippen LogP contribution in [0.5, 0.6) is 0 Å². The maximum Gasteiger partial charge on any atom is 0.0347 e. The molecular formula is C16H26N2. The van der Waals surface area contributed by atoms with E-state index in [0.717, 1.165) is 12.8 Å². The lowest BCUT2D eigenvalue weighted by molar-refractivity contribution is 0.204. The Balaban J connectivity index is 2.12.